The molecule has 0 aliphatic carbocycles. The van der Waals surface area contributed by atoms with Crippen molar-refractivity contribution < 1.29 is 4.74 Å². The first kappa shape index (κ1) is 7.58. The van der Waals surface area contributed by atoms with Crippen molar-refractivity contribution in [2.75, 3.05) is 12.4 Å². The highest BCUT2D eigenvalue weighted by Gasteiger charge is 2.22. The van der Waals surface area contributed by atoms with Crippen LogP contribution in [-0.2, 0) is 4.74 Å². The number of nitrogens with zero attached hydrogens (tertiary/aromatic N) is 1. The van der Waals surface area contributed by atoms with Gasteiger partial charge in [0.2, 0.25) is 0 Å². The highest BCUT2D eigenvalue weighted by molar-refractivity contribution is 8.01. The SMILES string of the molecule is Cc1csc(SCC2CO2)n1. The molecule has 0 N–H and O–H groups in total. The molecule has 2 nitrogen and oxygen atoms in total. The fourth-order valence-electron chi connectivity index (χ4n) is 0.727. The van der Waals surface area contributed by atoms with E-state index in [1.54, 1.807) is 23.1 Å². The normalized spacial score (nSPS) is 22.1. The summed E-state index contributed by atoms with van der Waals surface area (Å²) < 4.78 is 6.26. The molecule has 0 radical (unpaired) electrons. The molecular weight excluding hydrogens is 178 g/mol. The largest absolute Gasteiger partial charge is 0.372 e. The summed E-state index contributed by atoms with van der Waals surface area (Å²) in [6, 6.07) is 0. The zero-order chi connectivity index (χ0) is 7.68. The Hall–Kier alpha value is -0.0600. The maximum absolute atomic E-state index is 5.09. The van der Waals surface area contributed by atoms with E-state index in [4.69, 9.17) is 4.74 Å². The monoisotopic (exact) mass is 187 g/mol. The highest BCUT2D eigenvalue weighted by Crippen LogP contribution is 2.26. The van der Waals surface area contributed by atoms with Gasteiger partial charge in [0.1, 0.15) is 4.34 Å². The van der Waals surface area contributed by atoms with Crippen LogP contribution in [0.2, 0.25) is 0 Å². The van der Waals surface area contributed by atoms with Gasteiger partial charge >= 0.3 is 0 Å². The minimum absolute atomic E-state index is 0.504. The maximum Gasteiger partial charge on any atom is 0.150 e. The number of thiazole rings is 1. The van der Waals surface area contributed by atoms with Crippen molar-refractivity contribution in [1.29, 1.82) is 0 Å². The molecule has 1 aliphatic rings. The number of hydrogen-bond donors (Lipinski definition) is 0. The summed E-state index contributed by atoms with van der Waals surface area (Å²) in [5.41, 5.74) is 1.12. The van der Waals surface area contributed by atoms with Gasteiger partial charge in [-0.3, -0.25) is 0 Å². The van der Waals surface area contributed by atoms with E-state index < -0.39 is 0 Å². The molecule has 0 spiro atoms. The topological polar surface area (TPSA) is 25.4 Å². The predicted molar refractivity (Wildman–Crippen MR) is 47.3 cm³/mol. The summed E-state index contributed by atoms with van der Waals surface area (Å²) in [5.74, 6) is 1.06. The van der Waals surface area contributed by atoms with Crippen molar-refractivity contribution in [2.45, 2.75) is 17.4 Å². The van der Waals surface area contributed by atoms with Crippen LogP contribution in [0.15, 0.2) is 9.72 Å². The van der Waals surface area contributed by atoms with Gasteiger partial charge in [-0.25, -0.2) is 4.98 Å². The molecule has 2 rings (SSSR count). The number of epoxide rings is 1. The number of thioether (sulfide) groups is 1. The Morgan fingerprint density at radius 3 is 3.27 bits per heavy atom. The van der Waals surface area contributed by atoms with Crippen molar-refractivity contribution in [3.8, 4) is 0 Å². The third kappa shape index (κ3) is 2.18. The molecule has 4 heteroatoms. The molecule has 1 atom stereocenters. The second kappa shape index (κ2) is 3.13. The molecule has 1 aliphatic heterocycles. The van der Waals surface area contributed by atoms with Crippen LogP contribution in [-0.4, -0.2) is 23.4 Å². The summed E-state index contributed by atoms with van der Waals surface area (Å²) >= 11 is 3.51. The molecule has 0 aromatic carbocycles. The number of aromatic nitrogens is 1. The van der Waals surface area contributed by atoms with E-state index in [1.165, 1.54) is 0 Å². The van der Waals surface area contributed by atoms with Gasteiger partial charge in [-0.1, -0.05) is 11.8 Å². The van der Waals surface area contributed by atoms with Crippen LogP contribution in [0.4, 0.5) is 0 Å². The molecule has 1 saturated heterocycles. The summed E-state index contributed by atoms with van der Waals surface area (Å²) in [5, 5.41) is 2.08. The minimum atomic E-state index is 0.504. The summed E-state index contributed by atoms with van der Waals surface area (Å²) in [6.07, 6.45) is 0.504. The van der Waals surface area contributed by atoms with Crippen LogP contribution < -0.4 is 0 Å². The Morgan fingerprint density at radius 1 is 1.91 bits per heavy atom. The highest BCUT2D eigenvalue weighted by atomic mass is 32.2. The molecular formula is C7H9NOS2. The van der Waals surface area contributed by atoms with Crippen molar-refractivity contribution in [1.82, 2.24) is 4.98 Å². The van der Waals surface area contributed by atoms with Gasteiger partial charge in [0.25, 0.3) is 0 Å². The molecule has 1 aromatic heterocycles. The molecule has 60 valence electrons. The van der Waals surface area contributed by atoms with Gasteiger partial charge < -0.3 is 4.74 Å². The van der Waals surface area contributed by atoms with Crippen LogP contribution in [0.1, 0.15) is 5.69 Å². The summed E-state index contributed by atoms with van der Waals surface area (Å²) in [4.78, 5) is 4.34. The molecule has 0 bridgehead atoms. The Kier molecular flexibility index (Phi) is 2.16. The number of aryl methyl sites for hydroxylation is 1. The maximum atomic E-state index is 5.09. The quantitative estimate of drug-likeness (QED) is 0.534. The molecule has 0 saturated carbocycles. The lowest BCUT2D eigenvalue weighted by atomic mass is 10.6. The molecule has 1 aromatic rings. The van der Waals surface area contributed by atoms with Crippen LogP contribution in [0.3, 0.4) is 0 Å². The molecule has 0 amide bonds. The van der Waals surface area contributed by atoms with Crippen LogP contribution >= 0.6 is 23.1 Å². The first-order chi connectivity index (χ1) is 5.34. The Labute approximate surface area is 74.0 Å². The van der Waals surface area contributed by atoms with Gasteiger partial charge in [0, 0.05) is 16.8 Å². The summed E-state index contributed by atoms with van der Waals surface area (Å²) in [7, 11) is 0. The van der Waals surface area contributed by atoms with E-state index in [1.807, 2.05) is 6.92 Å². The lowest BCUT2D eigenvalue weighted by molar-refractivity contribution is 0.426. The molecule has 2 heterocycles. The van der Waals surface area contributed by atoms with E-state index in [2.05, 4.69) is 10.4 Å². The van der Waals surface area contributed by atoms with E-state index in [0.717, 1.165) is 22.4 Å². The van der Waals surface area contributed by atoms with Crippen LogP contribution in [0.5, 0.6) is 0 Å². The second-order valence-corrected chi connectivity index (χ2v) is 4.65. The second-order valence-electron chi connectivity index (χ2n) is 2.52. The Bertz CT molecular complexity index is 244. The van der Waals surface area contributed by atoms with Crippen molar-refractivity contribution in [3.63, 3.8) is 0 Å². The lowest BCUT2D eigenvalue weighted by Gasteiger charge is -1.89. The number of ether oxygens (including phenoxy) is 1. The Morgan fingerprint density at radius 2 is 2.73 bits per heavy atom. The van der Waals surface area contributed by atoms with Crippen molar-refractivity contribution >= 4 is 23.1 Å². The first-order valence-electron chi connectivity index (χ1n) is 3.51. The minimum Gasteiger partial charge on any atom is -0.372 e. The molecule has 1 unspecified atom stereocenters. The van der Waals surface area contributed by atoms with Crippen molar-refractivity contribution in [3.05, 3.63) is 11.1 Å². The van der Waals surface area contributed by atoms with Crippen LogP contribution in [0, 0.1) is 6.92 Å². The summed E-state index contributed by atoms with van der Waals surface area (Å²) in [6.45, 7) is 2.96. The number of rotatable bonds is 3. The zero-order valence-corrected chi connectivity index (χ0v) is 7.87. The van der Waals surface area contributed by atoms with E-state index in [-0.39, 0.29) is 0 Å². The van der Waals surface area contributed by atoms with Gasteiger partial charge in [-0.15, -0.1) is 11.3 Å². The Balaban J connectivity index is 1.85. The van der Waals surface area contributed by atoms with E-state index in [9.17, 15) is 0 Å². The van der Waals surface area contributed by atoms with Gasteiger partial charge in [-0.2, -0.15) is 0 Å². The third-order valence-electron chi connectivity index (χ3n) is 1.39. The van der Waals surface area contributed by atoms with Crippen LogP contribution in [0.25, 0.3) is 0 Å². The number of hydrogen-bond acceptors (Lipinski definition) is 4. The lowest BCUT2D eigenvalue weighted by Crippen LogP contribution is -1.87. The molecule has 11 heavy (non-hydrogen) atoms. The molecule has 1 fully saturated rings. The van der Waals surface area contributed by atoms with Crippen molar-refractivity contribution in [2.24, 2.45) is 0 Å². The fraction of sp³-hybridized carbons (Fsp3) is 0.571. The standard InChI is InChI=1S/C7H9NOS2/c1-5-3-10-7(8-5)11-4-6-2-9-6/h3,6H,2,4H2,1H3. The van der Waals surface area contributed by atoms with Gasteiger partial charge in [-0.05, 0) is 6.92 Å². The third-order valence-corrected chi connectivity index (χ3v) is 3.66. The smallest absolute Gasteiger partial charge is 0.150 e. The van der Waals surface area contributed by atoms with Gasteiger partial charge in [0.15, 0.2) is 0 Å². The van der Waals surface area contributed by atoms with Gasteiger partial charge in [0.05, 0.1) is 12.7 Å². The average molecular weight is 187 g/mol. The van der Waals surface area contributed by atoms with E-state index >= 15 is 0 Å². The van der Waals surface area contributed by atoms with E-state index in [0.29, 0.717) is 6.10 Å². The zero-order valence-electron chi connectivity index (χ0n) is 6.24. The predicted octanol–water partition coefficient (Wildman–Crippen LogP) is 1.94. The fourth-order valence-corrected chi connectivity index (χ4v) is 2.60. The average Bonchev–Trinajstić information content (AvgIpc) is 2.72. The first-order valence-corrected chi connectivity index (χ1v) is 5.37.